The highest BCUT2D eigenvalue weighted by Gasteiger charge is 2.34. The molecule has 0 aliphatic heterocycles. The van der Waals surface area contributed by atoms with E-state index in [2.05, 4.69) is 39.2 Å². The van der Waals surface area contributed by atoms with Crippen molar-refractivity contribution in [2.45, 2.75) is 6.92 Å². The number of nitrogens with zero attached hydrogens (tertiary/aromatic N) is 2. The molecule has 1 heterocycles. The molecule has 0 amide bonds. The number of aryl methyl sites for hydroxylation is 1. The molecule has 3 rings (SSSR count). The highest BCUT2D eigenvalue weighted by Crippen LogP contribution is 2.33. The van der Waals surface area contributed by atoms with Crippen LogP contribution in [0.2, 0.25) is 0 Å². The van der Waals surface area contributed by atoms with Gasteiger partial charge in [-0.3, -0.25) is 14.6 Å². The standard InChI is InChI=1S/C17H11BrN2O2/c1-4-10-14(19-3)17(22)13-8(2)11-6-5-9(18)7-12(11)20-15(13)16(10)21/h4-7H,1,3H2,2H3. The average Bonchev–Trinajstić information content (AvgIpc) is 2.49. The summed E-state index contributed by atoms with van der Waals surface area (Å²) >= 11 is 3.39. The fourth-order valence-electron chi connectivity index (χ4n) is 2.67. The maximum Gasteiger partial charge on any atom is 0.214 e. The largest absolute Gasteiger partial charge is 0.287 e. The van der Waals surface area contributed by atoms with Gasteiger partial charge in [0.25, 0.3) is 0 Å². The molecule has 0 unspecified atom stereocenters. The van der Waals surface area contributed by atoms with Crippen LogP contribution in [0.4, 0.5) is 0 Å². The lowest BCUT2D eigenvalue weighted by Gasteiger charge is -2.19. The van der Waals surface area contributed by atoms with Crippen LogP contribution in [0, 0.1) is 6.92 Å². The van der Waals surface area contributed by atoms with Gasteiger partial charge in [-0.15, -0.1) is 0 Å². The highest BCUT2D eigenvalue weighted by molar-refractivity contribution is 9.10. The molecule has 0 fully saturated rings. The quantitative estimate of drug-likeness (QED) is 0.770. The Balaban J connectivity index is 2.44. The second-order valence-corrected chi connectivity index (χ2v) is 5.82. The van der Waals surface area contributed by atoms with E-state index in [0.29, 0.717) is 11.1 Å². The van der Waals surface area contributed by atoms with Gasteiger partial charge in [0.1, 0.15) is 11.4 Å². The first-order valence-electron chi connectivity index (χ1n) is 6.52. The number of allylic oxidation sites excluding steroid dienone is 3. The number of hydrogen-bond donors (Lipinski definition) is 0. The molecule has 108 valence electrons. The minimum absolute atomic E-state index is 0.0360. The van der Waals surface area contributed by atoms with E-state index in [-0.39, 0.29) is 28.5 Å². The molecule has 1 aliphatic rings. The Morgan fingerprint density at radius 1 is 1.27 bits per heavy atom. The molecule has 0 spiro atoms. The first-order valence-corrected chi connectivity index (χ1v) is 7.31. The van der Waals surface area contributed by atoms with Crippen LogP contribution >= 0.6 is 15.9 Å². The second kappa shape index (κ2) is 5.10. The molecule has 4 nitrogen and oxygen atoms in total. The topological polar surface area (TPSA) is 59.4 Å². The minimum Gasteiger partial charge on any atom is -0.287 e. The molecule has 5 heteroatoms. The van der Waals surface area contributed by atoms with Gasteiger partial charge in [-0.1, -0.05) is 34.7 Å². The van der Waals surface area contributed by atoms with Crippen LogP contribution in [0.25, 0.3) is 10.9 Å². The molecule has 0 atom stereocenters. The molecule has 22 heavy (non-hydrogen) atoms. The molecular weight excluding hydrogens is 344 g/mol. The van der Waals surface area contributed by atoms with E-state index in [1.807, 2.05) is 25.1 Å². The predicted molar refractivity (Wildman–Crippen MR) is 89.6 cm³/mol. The van der Waals surface area contributed by atoms with Crippen molar-refractivity contribution in [1.29, 1.82) is 0 Å². The Morgan fingerprint density at radius 2 is 2.00 bits per heavy atom. The van der Waals surface area contributed by atoms with Crippen molar-refractivity contribution in [3.63, 3.8) is 0 Å². The van der Waals surface area contributed by atoms with Crippen LogP contribution in [-0.4, -0.2) is 23.3 Å². The fourth-order valence-corrected chi connectivity index (χ4v) is 3.02. The lowest BCUT2D eigenvalue weighted by Crippen LogP contribution is -2.23. The number of hydrogen-bond acceptors (Lipinski definition) is 4. The first kappa shape index (κ1) is 14.5. The van der Waals surface area contributed by atoms with E-state index in [1.165, 1.54) is 6.08 Å². The Kier molecular flexibility index (Phi) is 3.37. The lowest BCUT2D eigenvalue weighted by molar-refractivity contribution is 0.0973. The number of ketones is 2. The van der Waals surface area contributed by atoms with Crippen molar-refractivity contribution < 1.29 is 9.59 Å². The van der Waals surface area contributed by atoms with E-state index >= 15 is 0 Å². The van der Waals surface area contributed by atoms with Crippen LogP contribution in [0.3, 0.4) is 0 Å². The molecule has 0 saturated heterocycles. The van der Waals surface area contributed by atoms with Crippen molar-refractivity contribution >= 4 is 45.1 Å². The van der Waals surface area contributed by atoms with Crippen molar-refractivity contribution in [2.75, 3.05) is 0 Å². The summed E-state index contributed by atoms with van der Waals surface area (Å²) in [5.74, 6) is -0.689. The Labute approximate surface area is 135 Å². The van der Waals surface area contributed by atoms with Crippen molar-refractivity contribution in [2.24, 2.45) is 4.99 Å². The zero-order chi connectivity index (χ0) is 16.0. The fraction of sp³-hybridized carbons (Fsp3) is 0.0588. The average molecular weight is 355 g/mol. The van der Waals surface area contributed by atoms with Crippen LogP contribution in [0.15, 0.2) is 51.6 Å². The van der Waals surface area contributed by atoms with Gasteiger partial charge in [-0.25, -0.2) is 4.98 Å². The van der Waals surface area contributed by atoms with Crippen molar-refractivity contribution in [3.05, 3.63) is 63.4 Å². The number of Topliss-reactive ketones (excluding diaryl/α,β-unsaturated/α-hetero) is 2. The summed E-state index contributed by atoms with van der Waals surface area (Å²) in [4.78, 5) is 33.4. The number of aliphatic imine (C=N–C) groups is 1. The van der Waals surface area contributed by atoms with Gasteiger partial charge in [0, 0.05) is 9.86 Å². The van der Waals surface area contributed by atoms with E-state index in [4.69, 9.17) is 0 Å². The van der Waals surface area contributed by atoms with E-state index in [0.717, 1.165) is 15.4 Å². The lowest BCUT2D eigenvalue weighted by atomic mass is 9.87. The molecule has 2 aromatic rings. The smallest absolute Gasteiger partial charge is 0.214 e. The third-order valence-corrected chi connectivity index (χ3v) is 4.22. The van der Waals surface area contributed by atoms with Gasteiger partial charge < -0.3 is 0 Å². The Morgan fingerprint density at radius 3 is 2.64 bits per heavy atom. The molecule has 1 aromatic heterocycles. The summed E-state index contributed by atoms with van der Waals surface area (Å²) in [6.07, 6.45) is 1.33. The molecule has 0 radical (unpaired) electrons. The summed E-state index contributed by atoms with van der Waals surface area (Å²) in [5.41, 5.74) is 2.01. The summed E-state index contributed by atoms with van der Waals surface area (Å²) < 4.78 is 0.856. The van der Waals surface area contributed by atoms with Gasteiger partial charge in [0.2, 0.25) is 11.6 Å². The highest BCUT2D eigenvalue weighted by atomic mass is 79.9. The number of rotatable bonds is 2. The number of carbonyl (C=O) groups excluding carboxylic acids is 2. The molecule has 0 N–H and O–H groups in total. The third kappa shape index (κ3) is 1.89. The van der Waals surface area contributed by atoms with Crippen LogP contribution in [-0.2, 0) is 0 Å². The number of pyridine rings is 1. The number of benzene rings is 1. The van der Waals surface area contributed by atoms with Gasteiger partial charge >= 0.3 is 0 Å². The molecule has 1 aliphatic carbocycles. The summed E-state index contributed by atoms with van der Waals surface area (Å²) in [6.45, 7) is 8.78. The van der Waals surface area contributed by atoms with Crippen LogP contribution in [0.5, 0.6) is 0 Å². The number of halogens is 1. The Bertz CT molecular complexity index is 926. The van der Waals surface area contributed by atoms with Crippen molar-refractivity contribution in [1.82, 2.24) is 4.98 Å². The van der Waals surface area contributed by atoms with Crippen molar-refractivity contribution in [3.8, 4) is 0 Å². The first-order chi connectivity index (χ1) is 10.5. The third-order valence-electron chi connectivity index (χ3n) is 3.73. The van der Waals surface area contributed by atoms with Crippen LogP contribution < -0.4 is 0 Å². The maximum absolute atomic E-state index is 12.7. The molecule has 0 bridgehead atoms. The van der Waals surface area contributed by atoms with Crippen LogP contribution in [0.1, 0.15) is 26.4 Å². The van der Waals surface area contributed by atoms with Gasteiger partial charge in [0.05, 0.1) is 16.7 Å². The predicted octanol–water partition coefficient (Wildman–Crippen LogP) is 3.83. The van der Waals surface area contributed by atoms with Gasteiger partial charge in [-0.05, 0) is 31.3 Å². The molecule has 0 saturated carbocycles. The summed E-state index contributed by atoms with van der Waals surface area (Å²) in [7, 11) is 0. The van der Waals surface area contributed by atoms with E-state index < -0.39 is 0 Å². The second-order valence-electron chi connectivity index (χ2n) is 4.90. The number of fused-ring (bicyclic) bond motifs is 2. The number of aromatic nitrogens is 1. The minimum atomic E-state index is -0.350. The molecule has 1 aromatic carbocycles. The summed E-state index contributed by atoms with van der Waals surface area (Å²) in [6, 6.07) is 5.56. The normalized spacial score (nSPS) is 14.3. The Hall–Kier alpha value is -2.40. The van der Waals surface area contributed by atoms with E-state index in [1.54, 1.807) is 0 Å². The molecular formula is C17H11BrN2O2. The zero-order valence-electron chi connectivity index (χ0n) is 11.8. The van der Waals surface area contributed by atoms with E-state index in [9.17, 15) is 9.59 Å². The zero-order valence-corrected chi connectivity index (χ0v) is 13.4. The maximum atomic E-state index is 12.7. The van der Waals surface area contributed by atoms with Gasteiger partial charge in [0.15, 0.2) is 0 Å². The van der Waals surface area contributed by atoms with Gasteiger partial charge in [-0.2, -0.15) is 0 Å². The summed E-state index contributed by atoms with van der Waals surface area (Å²) in [5, 5.41) is 0.827. The monoisotopic (exact) mass is 354 g/mol. The number of carbonyl (C=O) groups is 2. The SMILES string of the molecule is C=CC1=C(N=C)C(=O)c2c(nc3cc(Br)ccc3c2C)C1=O.